The van der Waals surface area contributed by atoms with Crippen molar-refractivity contribution in [2.75, 3.05) is 13.2 Å². The monoisotopic (exact) mass is 1020 g/mol. The van der Waals surface area contributed by atoms with Crippen molar-refractivity contribution in [1.82, 2.24) is 0 Å². The Bertz CT molecular complexity index is 1360. The highest BCUT2D eigenvalue weighted by Crippen LogP contribution is 2.16. The number of carbonyl (C=O) groups is 3. The van der Waals surface area contributed by atoms with Gasteiger partial charge in [-0.2, -0.15) is 0 Å². The largest absolute Gasteiger partial charge is 0.462 e. The summed E-state index contributed by atoms with van der Waals surface area (Å²) in [6, 6.07) is 0. The van der Waals surface area contributed by atoms with Crippen molar-refractivity contribution >= 4 is 17.9 Å². The van der Waals surface area contributed by atoms with Gasteiger partial charge in [0.05, 0.1) is 0 Å². The Labute approximate surface area is 453 Å². The lowest BCUT2D eigenvalue weighted by Gasteiger charge is -2.18. The number of rotatable bonds is 57. The Morgan fingerprint density at radius 3 is 0.781 bits per heavy atom. The zero-order chi connectivity index (χ0) is 52.9. The van der Waals surface area contributed by atoms with Crippen LogP contribution >= 0.6 is 0 Å². The Morgan fingerprint density at radius 2 is 0.493 bits per heavy atom. The van der Waals surface area contributed by atoms with Crippen molar-refractivity contribution in [3.8, 4) is 0 Å². The third-order valence-corrected chi connectivity index (χ3v) is 13.7. The van der Waals surface area contributed by atoms with Gasteiger partial charge in [-0.05, 0) is 116 Å². The van der Waals surface area contributed by atoms with Gasteiger partial charge in [0, 0.05) is 19.3 Å². The van der Waals surface area contributed by atoms with Gasteiger partial charge >= 0.3 is 17.9 Å². The van der Waals surface area contributed by atoms with Crippen LogP contribution in [0.25, 0.3) is 0 Å². The van der Waals surface area contributed by atoms with Crippen molar-refractivity contribution in [3.63, 3.8) is 0 Å². The average molecular weight is 1020 g/mol. The molecule has 1 atom stereocenters. The highest BCUT2D eigenvalue weighted by molar-refractivity contribution is 5.71. The van der Waals surface area contributed by atoms with Crippen LogP contribution in [-0.4, -0.2) is 37.2 Å². The average Bonchev–Trinajstić information content (AvgIpc) is 3.39. The highest BCUT2D eigenvalue weighted by atomic mass is 16.6. The van der Waals surface area contributed by atoms with Crippen LogP contribution in [0.4, 0.5) is 0 Å². The minimum atomic E-state index is -0.789. The predicted molar refractivity (Wildman–Crippen MR) is 316 cm³/mol. The van der Waals surface area contributed by atoms with Gasteiger partial charge in [0.1, 0.15) is 13.2 Å². The molecule has 422 valence electrons. The Morgan fingerprint density at radius 1 is 0.274 bits per heavy atom. The van der Waals surface area contributed by atoms with E-state index in [0.717, 1.165) is 109 Å². The van der Waals surface area contributed by atoms with Crippen LogP contribution < -0.4 is 0 Å². The van der Waals surface area contributed by atoms with Gasteiger partial charge in [-0.25, -0.2) is 0 Å². The van der Waals surface area contributed by atoms with Crippen LogP contribution in [0.2, 0.25) is 0 Å². The van der Waals surface area contributed by atoms with Crippen LogP contribution in [0.5, 0.6) is 0 Å². The maximum Gasteiger partial charge on any atom is 0.306 e. The van der Waals surface area contributed by atoms with E-state index >= 15 is 0 Å². The van der Waals surface area contributed by atoms with Gasteiger partial charge in [-0.3, -0.25) is 14.4 Å². The maximum atomic E-state index is 12.9. The van der Waals surface area contributed by atoms with Crippen molar-refractivity contribution < 1.29 is 28.6 Å². The first-order valence-electron chi connectivity index (χ1n) is 31.4. The maximum absolute atomic E-state index is 12.9. The first kappa shape index (κ1) is 69.8. The molecule has 0 fully saturated rings. The molecular weight excluding hydrogens is 901 g/mol. The van der Waals surface area contributed by atoms with Crippen LogP contribution in [0, 0.1) is 0 Å². The molecule has 0 aliphatic rings. The molecule has 6 nitrogen and oxygen atoms in total. The molecular formula is C67H118O6. The summed E-state index contributed by atoms with van der Waals surface area (Å²) in [6.45, 7) is 6.58. The molecule has 0 N–H and O–H groups in total. The standard InChI is InChI=1S/C67H118O6/c1-4-7-10-13-16-19-22-25-28-29-30-31-32-33-34-35-36-37-40-42-45-48-51-54-57-60-66(69)72-63-64(73-67(70)61-58-55-52-49-46-43-39-27-24-21-18-15-12-9-6-3)62-71-65(68)59-56-53-50-47-44-41-38-26-23-20-17-14-11-8-5-2/h17-18,20-22,25-27,29-30,38-39,64H,4-16,19,23-24,28,31-37,40-63H2,1-3H3/b20-17-,21-18-,25-22-,30-29-,38-26-,39-27-. The van der Waals surface area contributed by atoms with Crippen molar-refractivity contribution in [3.05, 3.63) is 72.9 Å². The predicted octanol–water partition coefficient (Wildman–Crippen LogP) is 21.3. The molecule has 0 aromatic carbocycles. The van der Waals surface area contributed by atoms with Gasteiger partial charge in [0.15, 0.2) is 6.10 Å². The van der Waals surface area contributed by atoms with E-state index in [2.05, 4.69) is 93.7 Å². The fourth-order valence-corrected chi connectivity index (χ4v) is 8.89. The van der Waals surface area contributed by atoms with Gasteiger partial charge in [-0.15, -0.1) is 0 Å². The molecule has 1 unspecified atom stereocenters. The number of allylic oxidation sites excluding steroid dienone is 12. The highest BCUT2D eigenvalue weighted by Gasteiger charge is 2.19. The summed E-state index contributed by atoms with van der Waals surface area (Å²) in [7, 11) is 0. The normalized spacial score (nSPS) is 12.5. The molecule has 0 aromatic rings. The fourth-order valence-electron chi connectivity index (χ4n) is 8.89. The van der Waals surface area contributed by atoms with E-state index in [-0.39, 0.29) is 31.1 Å². The molecule has 0 aliphatic heterocycles. The second kappa shape index (κ2) is 61.4. The molecule has 0 bridgehead atoms. The number of hydrogen-bond donors (Lipinski definition) is 0. The molecule has 0 spiro atoms. The van der Waals surface area contributed by atoms with Crippen molar-refractivity contribution in [2.45, 2.75) is 322 Å². The van der Waals surface area contributed by atoms with E-state index in [9.17, 15) is 14.4 Å². The minimum Gasteiger partial charge on any atom is -0.462 e. The van der Waals surface area contributed by atoms with Crippen LogP contribution in [-0.2, 0) is 28.6 Å². The van der Waals surface area contributed by atoms with Crippen molar-refractivity contribution in [2.24, 2.45) is 0 Å². The van der Waals surface area contributed by atoms with Crippen LogP contribution in [0.15, 0.2) is 72.9 Å². The van der Waals surface area contributed by atoms with Crippen LogP contribution in [0.1, 0.15) is 316 Å². The SMILES string of the molecule is CCCCC/C=C\C/C=C\CCCCCCCC(=O)OCC(COC(=O)CCCCCCCCCCCCCCC/C=C\C/C=C\CCCCCCC)OC(=O)CCCCCCC/C=C\C/C=C\CCCCC. The Kier molecular flexibility index (Phi) is 58.7. The molecule has 0 saturated heterocycles. The quantitative estimate of drug-likeness (QED) is 0.0261. The molecule has 0 aliphatic carbocycles. The number of unbranched alkanes of at least 4 members (excludes halogenated alkanes) is 34. The van der Waals surface area contributed by atoms with E-state index < -0.39 is 6.10 Å². The van der Waals surface area contributed by atoms with E-state index in [4.69, 9.17) is 14.2 Å². The van der Waals surface area contributed by atoms with E-state index in [1.54, 1.807) is 0 Å². The number of hydrogen-bond acceptors (Lipinski definition) is 6. The lowest BCUT2D eigenvalue weighted by Crippen LogP contribution is -2.30. The fraction of sp³-hybridized carbons (Fsp3) is 0.776. The molecule has 0 saturated carbocycles. The molecule has 0 heterocycles. The van der Waals surface area contributed by atoms with E-state index in [0.29, 0.717) is 19.3 Å². The summed E-state index contributed by atoms with van der Waals surface area (Å²) in [5.41, 5.74) is 0. The lowest BCUT2D eigenvalue weighted by atomic mass is 10.0. The van der Waals surface area contributed by atoms with Gasteiger partial charge < -0.3 is 14.2 Å². The van der Waals surface area contributed by atoms with E-state index in [1.165, 1.54) is 167 Å². The Hall–Kier alpha value is -3.15. The Balaban J connectivity index is 4.31. The number of ether oxygens (including phenoxy) is 3. The number of carbonyl (C=O) groups excluding carboxylic acids is 3. The van der Waals surface area contributed by atoms with E-state index in [1.807, 2.05) is 0 Å². The summed E-state index contributed by atoms with van der Waals surface area (Å²) in [6.07, 6.45) is 79.0. The molecule has 0 aromatic heterocycles. The number of esters is 3. The molecule has 0 radical (unpaired) electrons. The third-order valence-electron chi connectivity index (χ3n) is 13.7. The first-order valence-corrected chi connectivity index (χ1v) is 31.4. The third kappa shape index (κ3) is 59.6. The summed E-state index contributed by atoms with van der Waals surface area (Å²) in [5, 5.41) is 0. The van der Waals surface area contributed by atoms with Gasteiger partial charge in [0.25, 0.3) is 0 Å². The second-order valence-electron chi connectivity index (χ2n) is 21.0. The minimum absolute atomic E-state index is 0.0848. The molecule has 0 amide bonds. The summed E-state index contributed by atoms with van der Waals surface area (Å²) < 4.78 is 16.9. The lowest BCUT2D eigenvalue weighted by molar-refractivity contribution is -0.167. The van der Waals surface area contributed by atoms with Gasteiger partial charge in [0.2, 0.25) is 0 Å². The second-order valence-corrected chi connectivity index (χ2v) is 21.0. The summed E-state index contributed by atoms with van der Waals surface area (Å²) in [4.78, 5) is 38.2. The topological polar surface area (TPSA) is 78.9 Å². The van der Waals surface area contributed by atoms with Crippen molar-refractivity contribution in [1.29, 1.82) is 0 Å². The molecule has 73 heavy (non-hydrogen) atoms. The molecule has 6 heteroatoms. The molecule has 0 rings (SSSR count). The van der Waals surface area contributed by atoms with Crippen LogP contribution in [0.3, 0.4) is 0 Å². The van der Waals surface area contributed by atoms with Gasteiger partial charge in [-0.1, -0.05) is 254 Å². The first-order chi connectivity index (χ1) is 36.0. The smallest absolute Gasteiger partial charge is 0.306 e. The summed E-state index contributed by atoms with van der Waals surface area (Å²) in [5.74, 6) is -0.902. The summed E-state index contributed by atoms with van der Waals surface area (Å²) >= 11 is 0. The zero-order valence-electron chi connectivity index (χ0n) is 48.4. The zero-order valence-corrected chi connectivity index (χ0v) is 48.4.